The molecular formula is C18H14F2N2O3. The molecule has 1 heterocycles. The van der Waals surface area contributed by atoms with E-state index in [-0.39, 0.29) is 11.3 Å². The number of hydrogen-bond donors (Lipinski definition) is 1. The number of aromatic nitrogens is 2. The van der Waals surface area contributed by atoms with E-state index in [0.29, 0.717) is 23.9 Å². The van der Waals surface area contributed by atoms with Gasteiger partial charge in [-0.05, 0) is 42.5 Å². The number of rotatable bonds is 5. The number of ether oxygens (including phenoxy) is 1. The van der Waals surface area contributed by atoms with E-state index in [9.17, 15) is 13.6 Å². The fourth-order valence-electron chi connectivity index (χ4n) is 2.31. The molecule has 25 heavy (non-hydrogen) atoms. The Kier molecular flexibility index (Phi) is 4.22. The third-order valence-electron chi connectivity index (χ3n) is 3.39. The lowest BCUT2D eigenvalue weighted by Gasteiger charge is -2.13. The molecule has 0 saturated heterocycles. The van der Waals surface area contributed by atoms with Gasteiger partial charge in [0.15, 0.2) is 0 Å². The third-order valence-corrected chi connectivity index (χ3v) is 3.39. The first kappa shape index (κ1) is 16.6. The minimum absolute atomic E-state index is 0.0535. The molecule has 0 aliphatic carbocycles. The molecule has 0 saturated carbocycles. The van der Waals surface area contributed by atoms with Crippen molar-refractivity contribution in [3.8, 4) is 22.7 Å². The van der Waals surface area contributed by atoms with Crippen LogP contribution in [0.3, 0.4) is 0 Å². The van der Waals surface area contributed by atoms with Crippen molar-refractivity contribution in [3.05, 3.63) is 66.4 Å². The van der Waals surface area contributed by atoms with E-state index in [1.165, 1.54) is 24.3 Å². The maximum Gasteiger partial charge on any atom is 0.394 e. The SMILES string of the molecule is CC(F)(F)Oc1ccc(-n2ccc(-c3cccc(C(=O)O)c3)n2)cc1. The van der Waals surface area contributed by atoms with Gasteiger partial charge in [0, 0.05) is 18.7 Å². The normalized spacial score (nSPS) is 11.3. The van der Waals surface area contributed by atoms with E-state index >= 15 is 0 Å². The van der Waals surface area contributed by atoms with Crippen LogP contribution in [0.5, 0.6) is 5.75 Å². The zero-order valence-electron chi connectivity index (χ0n) is 13.2. The first-order valence-electron chi connectivity index (χ1n) is 7.38. The second-order valence-corrected chi connectivity index (χ2v) is 5.44. The van der Waals surface area contributed by atoms with Gasteiger partial charge in [0.05, 0.1) is 16.9 Å². The Labute approximate surface area is 142 Å². The summed E-state index contributed by atoms with van der Waals surface area (Å²) in [6.45, 7) is 0.673. The highest BCUT2D eigenvalue weighted by Crippen LogP contribution is 2.23. The molecule has 7 heteroatoms. The number of carboxylic acids is 1. The molecule has 5 nitrogen and oxygen atoms in total. The molecular weight excluding hydrogens is 330 g/mol. The van der Waals surface area contributed by atoms with Gasteiger partial charge >= 0.3 is 12.1 Å². The summed E-state index contributed by atoms with van der Waals surface area (Å²) >= 11 is 0. The molecule has 3 aromatic rings. The lowest BCUT2D eigenvalue weighted by Crippen LogP contribution is -2.19. The van der Waals surface area contributed by atoms with Crippen LogP contribution >= 0.6 is 0 Å². The second-order valence-electron chi connectivity index (χ2n) is 5.44. The quantitative estimate of drug-likeness (QED) is 0.752. The van der Waals surface area contributed by atoms with Crippen LogP contribution in [0.4, 0.5) is 8.78 Å². The van der Waals surface area contributed by atoms with Crippen molar-refractivity contribution >= 4 is 5.97 Å². The summed E-state index contributed by atoms with van der Waals surface area (Å²) in [6, 6.07) is 14.3. The van der Waals surface area contributed by atoms with Crippen molar-refractivity contribution in [1.29, 1.82) is 0 Å². The molecule has 0 bridgehead atoms. The molecule has 0 unspecified atom stereocenters. The Morgan fingerprint density at radius 2 is 1.88 bits per heavy atom. The van der Waals surface area contributed by atoms with E-state index in [2.05, 4.69) is 9.84 Å². The lowest BCUT2D eigenvalue weighted by atomic mass is 10.1. The number of benzene rings is 2. The first-order chi connectivity index (χ1) is 11.8. The van der Waals surface area contributed by atoms with Crippen molar-refractivity contribution in [2.24, 2.45) is 0 Å². The van der Waals surface area contributed by atoms with Crippen molar-refractivity contribution in [2.75, 3.05) is 0 Å². The number of nitrogens with zero attached hydrogens (tertiary/aromatic N) is 2. The van der Waals surface area contributed by atoms with Gasteiger partial charge in [-0.15, -0.1) is 0 Å². The molecule has 0 aliphatic rings. The van der Waals surface area contributed by atoms with Gasteiger partial charge < -0.3 is 9.84 Å². The molecule has 1 aromatic heterocycles. The van der Waals surface area contributed by atoms with Crippen LogP contribution in [0, 0.1) is 0 Å². The van der Waals surface area contributed by atoms with Crippen LogP contribution in [0.2, 0.25) is 0 Å². The van der Waals surface area contributed by atoms with E-state index in [4.69, 9.17) is 5.11 Å². The summed E-state index contributed by atoms with van der Waals surface area (Å²) in [4.78, 5) is 11.1. The zero-order valence-corrected chi connectivity index (χ0v) is 13.2. The molecule has 0 fully saturated rings. The molecule has 0 aliphatic heterocycles. The molecule has 2 aromatic carbocycles. The maximum absolute atomic E-state index is 12.8. The van der Waals surface area contributed by atoms with E-state index in [1.807, 2.05) is 0 Å². The highest BCUT2D eigenvalue weighted by molar-refractivity contribution is 5.89. The maximum atomic E-state index is 12.8. The van der Waals surface area contributed by atoms with Crippen LogP contribution in [0.15, 0.2) is 60.8 Å². The molecule has 0 spiro atoms. The Bertz CT molecular complexity index is 899. The minimum Gasteiger partial charge on any atom is -0.478 e. The van der Waals surface area contributed by atoms with Gasteiger partial charge in [0.1, 0.15) is 5.75 Å². The van der Waals surface area contributed by atoms with Gasteiger partial charge in [-0.2, -0.15) is 13.9 Å². The third kappa shape index (κ3) is 4.00. The average molecular weight is 344 g/mol. The summed E-state index contributed by atoms with van der Waals surface area (Å²) in [6.07, 6.45) is -1.54. The predicted octanol–water partition coefficient (Wildman–Crippen LogP) is 4.23. The van der Waals surface area contributed by atoms with Crippen LogP contribution < -0.4 is 4.74 Å². The number of halogens is 2. The number of aromatic carboxylic acids is 1. The molecule has 128 valence electrons. The highest BCUT2D eigenvalue weighted by atomic mass is 19.3. The Morgan fingerprint density at radius 1 is 1.16 bits per heavy atom. The highest BCUT2D eigenvalue weighted by Gasteiger charge is 2.22. The molecule has 3 rings (SSSR count). The molecule has 0 atom stereocenters. The molecule has 0 radical (unpaired) electrons. The summed E-state index contributed by atoms with van der Waals surface area (Å²) < 4.78 is 31.7. The zero-order chi connectivity index (χ0) is 18.0. The predicted molar refractivity (Wildman–Crippen MR) is 87.2 cm³/mol. The fraction of sp³-hybridized carbons (Fsp3) is 0.111. The fourth-order valence-corrected chi connectivity index (χ4v) is 2.31. The van der Waals surface area contributed by atoms with E-state index in [1.54, 1.807) is 41.2 Å². The number of carboxylic acid groups (broad SMARTS) is 1. The first-order valence-corrected chi connectivity index (χ1v) is 7.38. The minimum atomic E-state index is -3.24. The Hall–Kier alpha value is -3.22. The summed E-state index contributed by atoms with van der Waals surface area (Å²) in [7, 11) is 0. The van der Waals surface area contributed by atoms with Crippen molar-refractivity contribution < 1.29 is 23.4 Å². The summed E-state index contributed by atoms with van der Waals surface area (Å²) in [5.74, 6) is -0.956. The van der Waals surface area contributed by atoms with Crippen LogP contribution in [0.25, 0.3) is 16.9 Å². The lowest BCUT2D eigenvalue weighted by molar-refractivity contribution is -0.158. The number of alkyl halides is 2. The smallest absolute Gasteiger partial charge is 0.394 e. The summed E-state index contributed by atoms with van der Waals surface area (Å²) in [5.41, 5.74) is 2.11. The van der Waals surface area contributed by atoms with Crippen LogP contribution in [-0.4, -0.2) is 27.0 Å². The standard InChI is InChI=1S/C18H14F2N2O3/c1-18(19,20)25-15-7-5-14(6-8-15)22-10-9-16(21-22)12-3-2-4-13(11-12)17(23)24/h2-11H,1H3,(H,23,24). The average Bonchev–Trinajstić information content (AvgIpc) is 3.04. The van der Waals surface area contributed by atoms with Crippen molar-refractivity contribution in [2.45, 2.75) is 13.0 Å². The van der Waals surface area contributed by atoms with Gasteiger partial charge in [0.25, 0.3) is 0 Å². The Morgan fingerprint density at radius 3 is 2.52 bits per heavy atom. The van der Waals surface area contributed by atoms with Crippen molar-refractivity contribution in [1.82, 2.24) is 9.78 Å². The van der Waals surface area contributed by atoms with Crippen LogP contribution in [-0.2, 0) is 0 Å². The largest absolute Gasteiger partial charge is 0.478 e. The monoisotopic (exact) mass is 344 g/mol. The Balaban J connectivity index is 1.84. The van der Waals surface area contributed by atoms with E-state index < -0.39 is 12.1 Å². The van der Waals surface area contributed by atoms with Gasteiger partial charge in [0.2, 0.25) is 0 Å². The second kappa shape index (κ2) is 6.35. The van der Waals surface area contributed by atoms with Gasteiger partial charge in [-0.25, -0.2) is 9.48 Å². The number of hydrogen-bond acceptors (Lipinski definition) is 3. The van der Waals surface area contributed by atoms with Crippen molar-refractivity contribution in [3.63, 3.8) is 0 Å². The molecule has 0 amide bonds. The van der Waals surface area contributed by atoms with Crippen LogP contribution in [0.1, 0.15) is 17.3 Å². The summed E-state index contributed by atoms with van der Waals surface area (Å²) in [5, 5.41) is 13.4. The topological polar surface area (TPSA) is 64.3 Å². The van der Waals surface area contributed by atoms with Gasteiger partial charge in [-0.3, -0.25) is 0 Å². The molecule has 1 N–H and O–H groups in total. The van der Waals surface area contributed by atoms with E-state index in [0.717, 1.165) is 0 Å². The number of carbonyl (C=O) groups is 1. The van der Waals surface area contributed by atoms with Gasteiger partial charge in [-0.1, -0.05) is 12.1 Å².